The molecule has 3 aromatic rings. The van der Waals surface area contributed by atoms with Gasteiger partial charge >= 0.3 is 16.3 Å². The first-order chi connectivity index (χ1) is 21.4. The van der Waals surface area contributed by atoms with Crippen molar-refractivity contribution in [2.45, 2.75) is 50.7 Å². The van der Waals surface area contributed by atoms with E-state index < -0.39 is 83.6 Å². The number of rotatable bonds is 11. The molecule has 0 bridgehead atoms. The van der Waals surface area contributed by atoms with Crippen LogP contribution in [0.5, 0.6) is 0 Å². The lowest BCUT2D eigenvalue weighted by atomic mass is 10.0. The van der Waals surface area contributed by atoms with Crippen molar-refractivity contribution < 1.29 is 44.3 Å². The topological polar surface area (TPSA) is 179 Å². The molecule has 2 N–H and O–H groups in total. The predicted molar refractivity (Wildman–Crippen MR) is 161 cm³/mol. The fourth-order valence-electron chi connectivity index (χ4n) is 4.49. The number of sulfone groups is 1. The number of aromatic nitrogens is 3. The lowest BCUT2D eigenvalue weighted by Gasteiger charge is -2.19. The molecule has 1 fully saturated rings. The lowest BCUT2D eigenvalue weighted by Crippen LogP contribution is -2.34. The fraction of sp³-hybridized carbons (Fsp3) is 0.481. The largest absolute Gasteiger partial charge is 0.444 e. The van der Waals surface area contributed by atoms with Gasteiger partial charge in [-0.2, -0.15) is 17.7 Å². The number of carbonyl (C=O) groups excluding carboxylic acids is 1. The summed E-state index contributed by atoms with van der Waals surface area (Å²) < 4.78 is 109. The fourth-order valence-corrected chi connectivity index (χ4v) is 6.26. The van der Waals surface area contributed by atoms with Crippen LogP contribution in [0, 0.1) is 11.6 Å². The summed E-state index contributed by atoms with van der Waals surface area (Å²) >= 11 is 0. The van der Waals surface area contributed by atoms with E-state index in [0.717, 1.165) is 39.5 Å². The lowest BCUT2D eigenvalue weighted by molar-refractivity contribution is 0.0497. The van der Waals surface area contributed by atoms with Crippen LogP contribution in [-0.4, -0.2) is 92.6 Å². The molecule has 252 valence electrons. The van der Waals surface area contributed by atoms with E-state index >= 15 is 8.78 Å². The van der Waals surface area contributed by atoms with Crippen molar-refractivity contribution in [2.24, 2.45) is 0 Å². The smallest absolute Gasteiger partial charge is 0.407 e. The highest BCUT2D eigenvalue weighted by atomic mass is 32.2. The van der Waals surface area contributed by atoms with Crippen LogP contribution in [0.2, 0.25) is 0 Å². The molecule has 0 radical (unpaired) electrons. The zero-order valence-corrected chi connectivity index (χ0v) is 27.0. The van der Waals surface area contributed by atoms with Crippen LogP contribution < -0.4 is 15.6 Å². The Hall–Kier alpha value is -3.81. The van der Waals surface area contributed by atoms with E-state index in [4.69, 9.17) is 9.47 Å². The highest BCUT2D eigenvalue weighted by Gasteiger charge is 2.32. The molecular formula is C27H33F3N6O8S2. The first kappa shape index (κ1) is 35.1. The highest BCUT2D eigenvalue weighted by molar-refractivity contribution is 7.90. The normalized spacial score (nSPS) is 16.1. The Morgan fingerprint density at radius 2 is 1.87 bits per heavy atom. The standard InChI is InChI=1S/C27H33F3N6O8S2/c1-27(2,3)44-26(38)31-8-11-43-12-10-36-23-16(14-32-25(33-23)45(4,39)40)13-18(24(36)37)21-19(29)5-6-20(22(21)30)34-46(41,42)35-9-7-17(28)15-35/h5-6,13-14,17,34H,7-12,15H2,1-4H3,(H,31,38)/t17-/m1/s1. The van der Waals surface area contributed by atoms with E-state index in [1.807, 2.05) is 4.72 Å². The van der Waals surface area contributed by atoms with Gasteiger partial charge < -0.3 is 14.8 Å². The minimum absolute atomic E-state index is 0.0131. The van der Waals surface area contributed by atoms with Gasteiger partial charge in [0.25, 0.3) is 5.56 Å². The molecule has 3 heterocycles. The number of fused-ring (bicyclic) bond motifs is 1. The van der Waals surface area contributed by atoms with Crippen LogP contribution in [0.3, 0.4) is 0 Å². The van der Waals surface area contributed by atoms with Crippen molar-refractivity contribution >= 4 is 42.9 Å². The van der Waals surface area contributed by atoms with Crippen molar-refractivity contribution in [2.75, 3.05) is 43.8 Å². The average molecular weight is 691 g/mol. The number of halogens is 3. The first-order valence-corrected chi connectivity index (χ1v) is 17.3. The van der Waals surface area contributed by atoms with E-state index in [1.165, 1.54) is 0 Å². The number of hydrogen-bond acceptors (Lipinski definition) is 10. The first-order valence-electron chi connectivity index (χ1n) is 13.9. The molecule has 46 heavy (non-hydrogen) atoms. The predicted octanol–water partition coefficient (Wildman–Crippen LogP) is 2.38. The highest BCUT2D eigenvalue weighted by Crippen LogP contribution is 2.31. The summed E-state index contributed by atoms with van der Waals surface area (Å²) in [6.07, 6.45) is -0.179. The monoisotopic (exact) mass is 690 g/mol. The van der Waals surface area contributed by atoms with Gasteiger partial charge in [0.15, 0.2) is 5.82 Å². The number of ether oxygens (including phenoxy) is 2. The molecule has 1 aliphatic heterocycles. The number of carbonyl (C=O) groups is 1. The van der Waals surface area contributed by atoms with Crippen LogP contribution in [0.4, 0.5) is 23.7 Å². The minimum atomic E-state index is -4.42. The number of benzene rings is 1. The maximum atomic E-state index is 15.8. The molecule has 2 aromatic heterocycles. The summed E-state index contributed by atoms with van der Waals surface area (Å²) in [4.78, 5) is 33.3. The number of pyridine rings is 1. The Kier molecular flexibility index (Phi) is 10.3. The van der Waals surface area contributed by atoms with Gasteiger partial charge in [0.2, 0.25) is 15.0 Å². The van der Waals surface area contributed by atoms with Crippen LogP contribution in [-0.2, 0) is 36.1 Å². The quantitative estimate of drug-likeness (QED) is 0.224. The number of nitrogens with zero attached hydrogens (tertiary/aromatic N) is 4. The van der Waals surface area contributed by atoms with Gasteiger partial charge in [-0.1, -0.05) is 0 Å². The van der Waals surface area contributed by atoms with E-state index in [9.17, 15) is 30.8 Å². The van der Waals surface area contributed by atoms with Gasteiger partial charge in [0, 0.05) is 37.5 Å². The molecule has 0 spiro atoms. The molecule has 4 rings (SSSR count). The van der Waals surface area contributed by atoms with Gasteiger partial charge in [-0.15, -0.1) is 0 Å². The number of nitrogens with one attached hydrogen (secondary N) is 2. The summed E-state index contributed by atoms with van der Waals surface area (Å²) in [5.74, 6) is -2.62. The molecule has 1 saturated heterocycles. The second-order valence-electron chi connectivity index (χ2n) is 11.4. The number of alkyl carbamates (subject to hydrolysis) is 1. The van der Waals surface area contributed by atoms with Crippen molar-refractivity contribution in [1.29, 1.82) is 0 Å². The van der Waals surface area contributed by atoms with Crippen molar-refractivity contribution in [3.8, 4) is 11.1 Å². The van der Waals surface area contributed by atoms with Crippen LogP contribution >= 0.6 is 0 Å². The van der Waals surface area contributed by atoms with E-state index in [-0.39, 0.29) is 50.3 Å². The number of hydrogen-bond donors (Lipinski definition) is 2. The van der Waals surface area contributed by atoms with Gasteiger partial charge in [0.1, 0.15) is 23.2 Å². The zero-order chi connectivity index (χ0) is 34.0. The Labute approximate surface area is 263 Å². The molecule has 19 heteroatoms. The Bertz CT molecular complexity index is 1920. The zero-order valence-electron chi connectivity index (χ0n) is 25.3. The molecule has 14 nitrogen and oxygen atoms in total. The Morgan fingerprint density at radius 1 is 1.15 bits per heavy atom. The third-order valence-corrected chi connectivity index (χ3v) is 8.89. The van der Waals surface area contributed by atoms with E-state index in [2.05, 4.69) is 15.3 Å². The molecular weight excluding hydrogens is 657 g/mol. The summed E-state index contributed by atoms with van der Waals surface area (Å²) in [5.41, 5.74) is -3.99. The maximum absolute atomic E-state index is 15.8. The van der Waals surface area contributed by atoms with Gasteiger partial charge in [-0.05, 0) is 45.4 Å². The van der Waals surface area contributed by atoms with Crippen LogP contribution in [0.1, 0.15) is 27.2 Å². The third kappa shape index (κ3) is 8.31. The summed E-state index contributed by atoms with van der Waals surface area (Å²) in [6, 6.07) is 2.64. The molecule has 1 aliphatic rings. The van der Waals surface area contributed by atoms with E-state index in [1.54, 1.807) is 20.8 Å². The Balaban J connectivity index is 1.68. The van der Waals surface area contributed by atoms with Crippen molar-refractivity contribution in [1.82, 2.24) is 24.2 Å². The Morgan fingerprint density at radius 3 is 2.50 bits per heavy atom. The van der Waals surface area contributed by atoms with Gasteiger partial charge in [-0.25, -0.2) is 31.4 Å². The molecule has 0 saturated carbocycles. The second-order valence-corrected chi connectivity index (χ2v) is 15.0. The van der Waals surface area contributed by atoms with Crippen LogP contribution in [0.25, 0.3) is 22.2 Å². The maximum Gasteiger partial charge on any atom is 0.407 e. The molecule has 1 amide bonds. The average Bonchev–Trinajstić information content (AvgIpc) is 3.39. The van der Waals surface area contributed by atoms with Crippen molar-refractivity contribution in [3.63, 3.8) is 0 Å². The number of alkyl halides is 1. The summed E-state index contributed by atoms with van der Waals surface area (Å²) in [6.45, 7) is 4.09. The number of anilines is 1. The van der Waals surface area contributed by atoms with Gasteiger partial charge in [-0.3, -0.25) is 14.1 Å². The molecule has 0 aliphatic carbocycles. The summed E-state index contributed by atoms with van der Waals surface area (Å²) in [5, 5.41) is 1.92. The minimum Gasteiger partial charge on any atom is -0.444 e. The molecule has 1 aromatic carbocycles. The second kappa shape index (κ2) is 13.5. The third-order valence-electron chi connectivity index (χ3n) is 6.54. The SMILES string of the molecule is CC(C)(C)OC(=O)NCCOCCn1c(=O)c(-c2c(F)ccc(NS(=O)(=O)N3CC[C@@H](F)C3)c2F)cc2cnc(S(C)(=O)=O)nc21. The van der Waals surface area contributed by atoms with Crippen LogP contribution in [0.15, 0.2) is 34.3 Å². The number of amides is 1. The van der Waals surface area contributed by atoms with E-state index in [0.29, 0.717) is 0 Å². The van der Waals surface area contributed by atoms with Gasteiger partial charge in [0.05, 0.1) is 36.6 Å². The molecule has 1 atom stereocenters. The summed E-state index contributed by atoms with van der Waals surface area (Å²) in [7, 11) is -8.34. The van der Waals surface area contributed by atoms with Crippen molar-refractivity contribution in [3.05, 3.63) is 46.4 Å². The molecule has 0 unspecified atom stereocenters.